The van der Waals surface area contributed by atoms with Crippen LogP contribution in [0.4, 0.5) is 10.5 Å². The molecule has 2 amide bonds. The fourth-order valence-electron chi connectivity index (χ4n) is 3.58. The van der Waals surface area contributed by atoms with Gasteiger partial charge in [0.25, 0.3) is 0 Å². The first-order valence-corrected chi connectivity index (χ1v) is 10.4. The highest BCUT2D eigenvalue weighted by atomic mass is 16.7. The van der Waals surface area contributed by atoms with E-state index in [1.54, 1.807) is 0 Å². The van der Waals surface area contributed by atoms with Crippen LogP contribution < -0.4 is 24.8 Å². The summed E-state index contributed by atoms with van der Waals surface area (Å²) in [5.74, 6) is 2.28. The van der Waals surface area contributed by atoms with Gasteiger partial charge in [-0.05, 0) is 67.3 Å². The van der Waals surface area contributed by atoms with Crippen LogP contribution in [0.2, 0.25) is 0 Å². The van der Waals surface area contributed by atoms with E-state index >= 15 is 0 Å². The second kappa shape index (κ2) is 9.89. The Bertz CT molecular complexity index is 1010. The van der Waals surface area contributed by atoms with Crippen LogP contribution in [-0.2, 0) is 12.8 Å². The molecule has 2 N–H and O–H groups in total. The van der Waals surface area contributed by atoms with Crippen molar-refractivity contribution in [2.24, 2.45) is 0 Å². The van der Waals surface area contributed by atoms with E-state index in [2.05, 4.69) is 22.8 Å². The predicted molar refractivity (Wildman–Crippen MR) is 120 cm³/mol. The highest BCUT2D eigenvalue weighted by Gasteiger charge is 2.18. The van der Waals surface area contributed by atoms with Crippen molar-refractivity contribution in [2.45, 2.75) is 25.8 Å². The molecule has 3 aromatic carbocycles. The van der Waals surface area contributed by atoms with Gasteiger partial charge in [0, 0.05) is 11.7 Å². The largest absolute Gasteiger partial charge is 0.494 e. The van der Waals surface area contributed by atoms with E-state index in [-0.39, 0.29) is 18.9 Å². The van der Waals surface area contributed by atoms with E-state index in [0.29, 0.717) is 25.1 Å². The lowest BCUT2D eigenvalue weighted by molar-refractivity contribution is 0.174. The minimum absolute atomic E-state index is 0.0922. The van der Waals surface area contributed by atoms with Crippen molar-refractivity contribution in [3.8, 4) is 17.2 Å². The Morgan fingerprint density at radius 2 is 1.68 bits per heavy atom. The molecule has 160 valence electrons. The van der Waals surface area contributed by atoms with Crippen molar-refractivity contribution in [1.82, 2.24) is 5.32 Å². The van der Waals surface area contributed by atoms with Crippen molar-refractivity contribution >= 4 is 11.7 Å². The summed E-state index contributed by atoms with van der Waals surface area (Å²) in [6.45, 7) is 2.79. The van der Waals surface area contributed by atoms with Crippen LogP contribution in [0.3, 0.4) is 0 Å². The van der Waals surface area contributed by atoms with Crippen LogP contribution in [0.1, 0.15) is 18.1 Å². The molecule has 1 aliphatic heterocycles. The number of rotatable bonds is 8. The number of urea groups is 1. The molecule has 1 atom stereocenters. The van der Waals surface area contributed by atoms with Gasteiger partial charge >= 0.3 is 6.03 Å². The Kier molecular flexibility index (Phi) is 6.57. The van der Waals surface area contributed by atoms with Gasteiger partial charge in [-0.2, -0.15) is 0 Å². The highest BCUT2D eigenvalue weighted by Crippen LogP contribution is 2.33. The molecule has 1 aliphatic rings. The van der Waals surface area contributed by atoms with Crippen LogP contribution in [0.5, 0.6) is 17.2 Å². The zero-order chi connectivity index (χ0) is 21.5. The van der Waals surface area contributed by atoms with E-state index in [9.17, 15) is 4.79 Å². The molecule has 0 saturated carbocycles. The van der Waals surface area contributed by atoms with Crippen molar-refractivity contribution in [2.75, 3.05) is 18.7 Å². The number of carbonyl (C=O) groups is 1. The Labute approximate surface area is 182 Å². The Hall–Kier alpha value is -3.67. The SMILES string of the molecule is CCOc1ccc(NC(=O)NC(Cc2ccccc2)Cc2ccc3c(c2)OCO3)cc1. The third kappa shape index (κ3) is 5.69. The molecule has 1 unspecified atom stereocenters. The minimum atomic E-state index is -0.245. The molecule has 4 rings (SSSR count). The first-order valence-electron chi connectivity index (χ1n) is 10.4. The third-order valence-corrected chi connectivity index (χ3v) is 5.00. The maximum atomic E-state index is 12.7. The summed E-state index contributed by atoms with van der Waals surface area (Å²) in [5.41, 5.74) is 2.95. The fraction of sp³-hybridized carbons (Fsp3) is 0.240. The van der Waals surface area contributed by atoms with Crippen molar-refractivity contribution in [3.63, 3.8) is 0 Å². The van der Waals surface area contributed by atoms with Gasteiger partial charge in [0.1, 0.15) is 5.75 Å². The lowest BCUT2D eigenvalue weighted by atomic mass is 9.98. The van der Waals surface area contributed by atoms with Gasteiger partial charge in [0.15, 0.2) is 11.5 Å². The second-order valence-corrected chi connectivity index (χ2v) is 7.33. The first kappa shape index (κ1) is 20.6. The lowest BCUT2D eigenvalue weighted by Crippen LogP contribution is -2.40. The van der Waals surface area contributed by atoms with Gasteiger partial charge in [0.2, 0.25) is 6.79 Å². The molecule has 0 saturated heterocycles. The quantitative estimate of drug-likeness (QED) is 0.552. The van der Waals surface area contributed by atoms with Crippen molar-refractivity contribution < 1.29 is 19.0 Å². The van der Waals surface area contributed by atoms with Crippen molar-refractivity contribution in [3.05, 3.63) is 83.9 Å². The number of benzene rings is 3. The number of ether oxygens (including phenoxy) is 3. The summed E-state index contributed by atoms with van der Waals surface area (Å²) in [7, 11) is 0. The molecule has 31 heavy (non-hydrogen) atoms. The normalized spacial score (nSPS) is 12.8. The van der Waals surface area contributed by atoms with Gasteiger partial charge in [0.05, 0.1) is 6.61 Å². The zero-order valence-corrected chi connectivity index (χ0v) is 17.5. The maximum absolute atomic E-state index is 12.7. The predicted octanol–water partition coefficient (Wildman–Crippen LogP) is 4.79. The van der Waals surface area contributed by atoms with Gasteiger partial charge in [-0.3, -0.25) is 0 Å². The van der Waals surface area contributed by atoms with Crippen LogP contribution in [0.15, 0.2) is 72.8 Å². The number of carbonyl (C=O) groups excluding carboxylic acids is 1. The first-order chi connectivity index (χ1) is 15.2. The number of hydrogen-bond donors (Lipinski definition) is 2. The molecule has 6 heteroatoms. The Morgan fingerprint density at radius 3 is 2.45 bits per heavy atom. The molecule has 0 aliphatic carbocycles. The summed E-state index contributed by atoms with van der Waals surface area (Å²) in [6, 6.07) is 23.0. The lowest BCUT2D eigenvalue weighted by Gasteiger charge is -2.20. The van der Waals surface area contributed by atoms with E-state index in [1.807, 2.05) is 67.6 Å². The molecule has 0 radical (unpaired) electrons. The van der Waals surface area contributed by atoms with Crippen LogP contribution in [0, 0.1) is 0 Å². The van der Waals surface area contributed by atoms with Crippen LogP contribution in [-0.4, -0.2) is 25.5 Å². The minimum Gasteiger partial charge on any atom is -0.494 e. The molecule has 6 nitrogen and oxygen atoms in total. The Balaban J connectivity index is 1.43. The number of fused-ring (bicyclic) bond motifs is 1. The van der Waals surface area contributed by atoms with E-state index in [4.69, 9.17) is 14.2 Å². The summed E-state index contributed by atoms with van der Waals surface area (Å²) < 4.78 is 16.3. The molecule has 0 aromatic heterocycles. The Morgan fingerprint density at radius 1 is 0.935 bits per heavy atom. The molecule has 3 aromatic rings. The van der Waals surface area contributed by atoms with Crippen LogP contribution in [0.25, 0.3) is 0 Å². The number of anilines is 1. The van der Waals surface area contributed by atoms with Gasteiger partial charge < -0.3 is 24.8 Å². The second-order valence-electron chi connectivity index (χ2n) is 7.33. The van der Waals surface area contributed by atoms with Crippen molar-refractivity contribution in [1.29, 1.82) is 0 Å². The topological polar surface area (TPSA) is 68.8 Å². The molecule has 1 heterocycles. The number of nitrogens with one attached hydrogen (secondary N) is 2. The van der Waals surface area contributed by atoms with E-state index in [0.717, 1.165) is 28.4 Å². The zero-order valence-electron chi connectivity index (χ0n) is 17.5. The monoisotopic (exact) mass is 418 g/mol. The summed E-state index contributed by atoms with van der Waals surface area (Å²) in [6.07, 6.45) is 1.38. The van der Waals surface area contributed by atoms with Gasteiger partial charge in [-0.1, -0.05) is 36.4 Å². The molecule has 0 spiro atoms. The summed E-state index contributed by atoms with van der Waals surface area (Å²) >= 11 is 0. The summed E-state index contributed by atoms with van der Waals surface area (Å²) in [4.78, 5) is 12.7. The van der Waals surface area contributed by atoms with Gasteiger partial charge in [-0.25, -0.2) is 4.79 Å². The molecular formula is C25H26N2O4. The standard InChI is InChI=1S/C25H26N2O4/c1-2-29-22-11-9-20(10-12-22)26-25(28)27-21(14-18-6-4-3-5-7-18)15-19-8-13-23-24(16-19)31-17-30-23/h3-13,16,21H,2,14-15,17H2,1H3,(H2,26,27,28). The number of hydrogen-bond acceptors (Lipinski definition) is 4. The average molecular weight is 418 g/mol. The molecule has 0 bridgehead atoms. The van der Waals surface area contributed by atoms with E-state index < -0.39 is 0 Å². The van der Waals surface area contributed by atoms with Gasteiger partial charge in [-0.15, -0.1) is 0 Å². The number of amides is 2. The highest BCUT2D eigenvalue weighted by molar-refractivity contribution is 5.89. The molecule has 0 fully saturated rings. The summed E-state index contributed by atoms with van der Waals surface area (Å²) in [5, 5.41) is 6.02. The molecular weight excluding hydrogens is 392 g/mol. The smallest absolute Gasteiger partial charge is 0.319 e. The van der Waals surface area contributed by atoms with E-state index in [1.165, 1.54) is 0 Å². The maximum Gasteiger partial charge on any atom is 0.319 e. The van der Waals surface area contributed by atoms with Crippen LogP contribution >= 0.6 is 0 Å². The third-order valence-electron chi connectivity index (χ3n) is 5.00. The fourth-order valence-corrected chi connectivity index (χ4v) is 3.58. The average Bonchev–Trinajstić information content (AvgIpc) is 3.24.